The lowest BCUT2D eigenvalue weighted by Gasteiger charge is -2.25. The molecule has 1 unspecified atom stereocenters. The van der Waals surface area contributed by atoms with Crippen LogP contribution in [-0.2, 0) is 0 Å². The quantitative estimate of drug-likeness (QED) is 0.887. The Morgan fingerprint density at radius 1 is 1.19 bits per heavy atom. The predicted octanol–water partition coefficient (Wildman–Crippen LogP) is 2.47. The molecular formula is C16H14O5. The molecule has 1 atom stereocenters. The maximum Gasteiger partial charge on any atom is 0.177 e. The van der Waals surface area contributed by atoms with Crippen molar-refractivity contribution < 1.29 is 24.5 Å². The zero-order valence-corrected chi connectivity index (χ0v) is 11.4. The summed E-state index contributed by atoms with van der Waals surface area (Å²) in [6.07, 6.45) is 0. The topological polar surface area (TPSA) is 76.0 Å². The minimum absolute atomic E-state index is 0.0504. The second-order valence-electron chi connectivity index (χ2n) is 4.83. The van der Waals surface area contributed by atoms with Gasteiger partial charge < -0.3 is 19.7 Å². The van der Waals surface area contributed by atoms with Gasteiger partial charge in [0.15, 0.2) is 5.78 Å². The Hall–Kier alpha value is -2.69. The number of phenols is 2. The molecule has 5 nitrogen and oxygen atoms in total. The van der Waals surface area contributed by atoms with Gasteiger partial charge in [-0.25, -0.2) is 0 Å². The van der Waals surface area contributed by atoms with Gasteiger partial charge in [-0.05, 0) is 18.2 Å². The number of methoxy groups -OCH3 is 1. The summed E-state index contributed by atoms with van der Waals surface area (Å²) in [7, 11) is 1.55. The van der Waals surface area contributed by atoms with Gasteiger partial charge in [0.1, 0.15) is 29.6 Å². The molecule has 2 N–H and O–H groups in total. The van der Waals surface area contributed by atoms with E-state index in [4.69, 9.17) is 9.47 Å². The smallest absolute Gasteiger partial charge is 0.177 e. The second-order valence-corrected chi connectivity index (χ2v) is 4.83. The number of aromatic hydroxyl groups is 2. The minimum Gasteiger partial charge on any atom is -0.508 e. The molecule has 0 bridgehead atoms. The normalized spacial score (nSPS) is 17.0. The summed E-state index contributed by atoms with van der Waals surface area (Å²) >= 11 is 0. The Morgan fingerprint density at radius 3 is 2.71 bits per heavy atom. The zero-order chi connectivity index (χ0) is 15.0. The summed E-state index contributed by atoms with van der Waals surface area (Å²) in [6, 6.07) is 9.20. The van der Waals surface area contributed by atoms with Crippen molar-refractivity contribution in [2.75, 3.05) is 13.7 Å². The van der Waals surface area contributed by atoms with Crippen molar-refractivity contribution in [2.45, 2.75) is 5.92 Å². The van der Waals surface area contributed by atoms with E-state index >= 15 is 0 Å². The number of benzene rings is 2. The van der Waals surface area contributed by atoms with Crippen LogP contribution in [0.5, 0.6) is 23.0 Å². The van der Waals surface area contributed by atoms with Crippen LogP contribution in [0.1, 0.15) is 21.8 Å². The summed E-state index contributed by atoms with van der Waals surface area (Å²) in [4.78, 5) is 12.6. The molecule has 1 heterocycles. The van der Waals surface area contributed by atoms with Crippen LogP contribution in [0.25, 0.3) is 0 Å². The first-order chi connectivity index (χ1) is 10.1. The molecule has 0 amide bonds. The molecule has 0 spiro atoms. The van der Waals surface area contributed by atoms with E-state index in [9.17, 15) is 15.0 Å². The van der Waals surface area contributed by atoms with Crippen LogP contribution in [0.3, 0.4) is 0 Å². The molecule has 2 aromatic carbocycles. The average Bonchev–Trinajstić information content (AvgIpc) is 2.48. The molecule has 2 aromatic rings. The van der Waals surface area contributed by atoms with E-state index in [-0.39, 0.29) is 23.9 Å². The predicted molar refractivity (Wildman–Crippen MR) is 75.3 cm³/mol. The first kappa shape index (κ1) is 13.3. The van der Waals surface area contributed by atoms with Crippen molar-refractivity contribution in [2.24, 2.45) is 0 Å². The van der Waals surface area contributed by atoms with Crippen molar-refractivity contribution in [1.82, 2.24) is 0 Å². The largest absolute Gasteiger partial charge is 0.508 e. The van der Waals surface area contributed by atoms with Crippen molar-refractivity contribution >= 4 is 5.78 Å². The van der Waals surface area contributed by atoms with Crippen LogP contribution in [0, 0.1) is 0 Å². The Bertz CT molecular complexity index is 708. The lowest BCUT2D eigenvalue weighted by atomic mass is 9.88. The van der Waals surface area contributed by atoms with Crippen LogP contribution in [0.4, 0.5) is 0 Å². The molecule has 0 fully saturated rings. The molecule has 0 saturated heterocycles. The number of carbonyl (C=O) groups excluding carboxylic acids is 1. The number of rotatable bonds is 2. The lowest BCUT2D eigenvalue weighted by Crippen LogP contribution is -2.26. The van der Waals surface area contributed by atoms with E-state index in [0.29, 0.717) is 22.6 Å². The Kier molecular flexibility index (Phi) is 3.17. The molecule has 1 aliphatic rings. The highest BCUT2D eigenvalue weighted by molar-refractivity contribution is 6.04. The van der Waals surface area contributed by atoms with Gasteiger partial charge in [0, 0.05) is 17.7 Å². The summed E-state index contributed by atoms with van der Waals surface area (Å²) in [5.41, 5.74) is 0.902. The number of hydrogen-bond acceptors (Lipinski definition) is 5. The maximum absolute atomic E-state index is 12.6. The van der Waals surface area contributed by atoms with Gasteiger partial charge in [-0.1, -0.05) is 6.07 Å². The van der Waals surface area contributed by atoms with Gasteiger partial charge >= 0.3 is 0 Å². The third-order valence-corrected chi connectivity index (χ3v) is 3.57. The van der Waals surface area contributed by atoms with Crippen molar-refractivity contribution in [1.29, 1.82) is 0 Å². The molecule has 1 aliphatic heterocycles. The van der Waals surface area contributed by atoms with E-state index in [1.54, 1.807) is 25.3 Å². The molecule has 0 radical (unpaired) electrons. The zero-order valence-electron chi connectivity index (χ0n) is 11.4. The number of ketones is 1. The van der Waals surface area contributed by atoms with E-state index in [1.807, 2.05) is 0 Å². The molecule has 0 aliphatic carbocycles. The van der Waals surface area contributed by atoms with Crippen LogP contribution in [-0.4, -0.2) is 29.7 Å². The number of carbonyl (C=O) groups is 1. The third-order valence-electron chi connectivity index (χ3n) is 3.57. The Labute approximate surface area is 121 Å². The van der Waals surface area contributed by atoms with Crippen molar-refractivity contribution in [3.05, 3.63) is 47.5 Å². The van der Waals surface area contributed by atoms with E-state index in [0.717, 1.165) is 0 Å². The maximum atomic E-state index is 12.6. The van der Waals surface area contributed by atoms with E-state index in [1.165, 1.54) is 18.2 Å². The fraction of sp³-hybridized carbons (Fsp3) is 0.188. The van der Waals surface area contributed by atoms with Gasteiger partial charge in [0.25, 0.3) is 0 Å². The summed E-state index contributed by atoms with van der Waals surface area (Å²) in [5, 5.41) is 19.2. The molecule has 0 aromatic heterocycles. The molecule has 108 valence electrons. The number of ether oxygens (including phenoxy) is 2. The van der Waals surface area contributed by atoms with E-state index in [2.05, 4.69) is 0 Å². The monoisotopic (exact) mass is 286 g/mol. The average molecular weight is 286 g/mol. The van der Waals surface area contributed by atoms with E-state index < -0.39 is 5.92 Å². The molecule has 3 rings (SSSR count). The number of phenolic OH excluding ortho intramolecular Hbond substituents is 2. The molecule has 21 heavy (non-hydrogen) atoms. The van der Waals surface area contributed by atoms with Crippen LogP contribution >= 0.6 is 0 Å². The Balaban J connectivity index is 1.99. The van der Waals surface area contributed by atoms with Gasteiger partial charge in [-0.15, -0.1) is 0 Å². The lowest BCUT2D eigenvalue weighted by molar-refractivity contribution is 0.0894. The van der Waals surface area contributed by atoms with Gasteiger partial charge in [0.2, 0.25) is 0 Å². The molecule has 5 heteroatoms. The Morgan fingerprint density at radius 2 is 2.00 bits per heavy atom. The van der Waals surface area contributed by atoms with Gasteiger partial charge in [0.05, 0.1) is 18.6 Å². The van der Waals surface area contributed by atoms with Crippen LogP contribution < -0.4 is 9.47 Å². The SMILES string of the molecule is COc1ccc2c(c1)OCC(c1ccc(O)cc1O)C2=O. The van der Waals surface area contributed by atoms with Crippen molar-refractivity contribution in [3.63, 3.8) is 0 Å². The molecule has 0 saturated carbocycles. The summed E-state index contributed by atoms with van der Waals surface area (Å²) < 4.78 is 10.7. The first-order valence-electron chi connectivity index (χ1n) is 6.47. The third kappa shape index (κ3) is 2.27. The second kappa shape index (κ2) is 5.01. The van der Waals surface area contributed by atoms with Gasteiger partial charge in [-0.2, -0.15) is 0 Å². The highest BCUT2D eigenvalue weighted by Gasteiger charge is 2.32. The fourth-order valence-electron chi connectivity index (χ4n) is 2.45. The number of Topliss-reactive ketones (excluding diaryl/α,β-unsaturated/α-hetero) is 1. The summed E-state index contributed by atoms with van der Waals surface area (Å²) in [6.45, 7) is 0.136. The minimum atomic E-state index is -0.591. The first-order valence-corrected chi connectivity index (χ1v) is 6.47. The van der Waals surface area contributed by atoms with Gasteiger partial charge in [-0.3, -0.25) is 4.79 Å². The fourth-order valence-corrected chi connectivity index (χ4v) is 2.45. The standard InChI is InChI=1S/C16H14O5/c1-20-10-3-5-12-15(7-10)21-8-13(16(12)19)11-4-2-9(17)6-14(11)18/h2-7,13,17-18H,8H2,1H3. The van der Waals surface area contributed by atoms with Crippen molar-refractivity contribution in [3.8, 4) is 23.0 Å². The highest BCUT2D eigenvalue weighted by Crippen LogP contribution is 2.38. The highest BCUT2D eigenvalue weighted by atomic mass is 16.5. The molecular weight excluding hydrogens is 272 g/mol. The number of hydrogen-bond donors (Lipinski definition) is 2. The van der Waals surface area contributed by atoms with Crippen LogP contribution in [0.15, 0.2) is 36.4 Å². The number of fused-ring (bicyclic) bond motifs is 1. The van der Waals surface area contributed by atoms with Crippen LogP contribution in [0.2, 0.25) is 0 Å². The summed E-state index contributed by atoms with van der Waals surface area (Å²) in [5.74, 6) is 0.215.